The Balaban J connectivity index is 2.03. The maximum atomic E-state index is 13.1. The molecule has 1 saturated heterocycles. The zero-order valence-corrected chi connectivity index (χ0v) is 13.0. The first-order valence-electron chi connectivity index (χ1n) is 7.27. The quantitative estimate of drug-likeness (QED) is 0.873. The van der Waals surface area contributed by atoms with Crippen LogP contribution in [0.4, 0.5) is 18.9 Å². The first-order valence-corrected chi connectivity index (χ1v) is 7.65. The van der Waals surface area contributed by atoms with Gasteiger partial charge in [-0.1, -0.05) is 11.6 Å². The van der Waals surface area contributed by atoms with Gasteiger partial charge in [0.25, 0.3) is 0 Å². The van der Waals surface area contributed by atoms with Crippen molar-refractivity contribution in [1.29, 1.82) is 0 Å². The summed E-state index contributed by atoms with van der Waals surface area (Å²) in [5, 5.41) is 2.83. The number of fused-ring (bicyclic) bond motifs is 1. The highest BCUT2D eigenvalue weighted by Gasteiger charge is 2.33. The highest BCUT2D eigenvalue weighted by molar-refractivity contribution is 6.31. The number of alkyl halides is 3. The van der Waals surface area contributed by atoms with Crippen molar-refractivity contribution < 1.29 is 13.2 Å². The van der Waals surface area contributed by atoms with Gasteiger partial charge in [-0.3, -0.25) is 0 Å². The number of aromatic nitrogens is 1. The van der Waals surface area contributed by atoms with Crippen molar-refractivity contribution in [3.8, 4) is 0 Å². The highest BCUT2D eigenvalue weighted by Crippen LogP contribution is 2.34. The SMILES string of the molecule is NC1CCCN(Nc2cc(C(F)(F)F)nc3ccc(Cl)cc23)C1. The molecule has 0 radical (unpaired) electrons. The Morgan fingerprint density at radius 3 is 2.78 bits per heavy atom. The molecule has 1 aliphatic heterocycles. The summed E-state index contributed by atoms with van der Waals surface area (Å²) in [7, 11) is 0. The molecule has 124 valence electrons. The molecule has 1 unspecified atom stereocenters. The molecule has 2 aromatic rings. The highest BCUT2D eigenvalue weighted by atomic mass is 35.5. The summed E-state index contributed by atoms with van der Waals surface area (Å²) < 4.78 is 39.2. The Bertz CT molecular complexity index is 720. The standard InChI is InChI=1S/C15H16ClF3N4/c16-9-3-4-12-11(6-9)13(7-14(21-12)15(17,18)19)22-23-5-1-2-10(20)8-23/h3-4,6-7,10H,1-2,5,8,20H2,(H,21,22). The molecule has 0 aliphatic carbocycles. The second-order valence-corrected chi connectivity index (χ2v) is 6.11. The Hall–Kier alpha value is -1.57. The summed E-state index contributed by atoms with van der Waals surface area (Å²) >= 11 is 5.97. The lowest BCUT2D eigenvalue weighted by molar-refractivity contribution is -0.140. The van der Waals surface area contributed by atoms with E-state index in [0.717, 1.165) is 25.5 Å². The molecular weight excluding hydrogens is 329 g/mol. The van der Waals surface area contributed by atoms with E-state index >= 15 is 0 Å². The number of hydrogen-bond donors (Lipinski definition) is 2. The van der Waals surface area contributed by atoms with Crippen LogP contribution in [0, 0.1) is 0 Å². The van der Waals surface area contributed by atoms with Crippen LogP contribution in [0.15, 0.2) is 24.3 Å². The van der Waals surface area contributed by atoms with E-state index in [1.807, 2.05) is 5.01 Å². The second-order valence-electron chi connectivity index (χ2n) is 5.67. The maximum Gasteiger partial charge on any atom is 0.433 e. The third-order valence-electron chi connectivity index (χ3n) is 3.80. The van der Waals surface area contributed by atoms with Crippen molar-refractivity contribution in [2.45, 2.75) is 25.1 Å². The first kappa shape index (κ1) is 16.3. The van der Waals surface area contributed by atoms with Gasteiger partial charge in [-0.25, -0.2) is 9.99 Å². The molecule has 3 N–H and O–H groups in total. The minimum Gasteiger partial charge on any atom is -0.326 e. The number of piperidine rings is 1. The number of hydrazine groups is 1. The number of benzene rings is 1. The fourth-order valence-corrected chi connectivity index (χ4v) is 2.89. The average Bonchev–Trinajstić information content (AvgIpc) is 2.46. The predicted octanol–water partition coefficient (Wildman–Crippen LogP) is 3.66. The van der Waals surface area contributed by atoms with Crippen LogP contribution in [0.3, 0.4) is 0 Å². The topological polar surface area (TPSA) is 54.2 Å². The van der Waals surface area contributed by atoms with Crippen molar-refractivity contribution in [3.05, 3.63) is 35.0 Å². The van der Waals surface area contributed by atoms with Gasteiger partial charge in [-0.2, -0.15) is 13.2 Å². The summed E-state index contributed by atoms with van der Waals surface area (Å²) in [5.74, 6) is 0. The lowest BCUT2D eigenvalue weighted by atomic mass is 10.1. The van der Waals surface area contributed by atoms with Crippen LogP contribution in [-0.4, -0.2) is 29.1 Å². The molecule has 1 aromatic carbocycles. The van der Waals surface area contributed by atoms with E-state index in [-0.39, 0.29) is 11.6 Å². The number of nitrogens with two attached hydrogens (primary N) is 1. The molecule has 0 amide bonds. The molecule has 3 rings (SSSR count). The number of rotatable bonds is 2. The van der Waals surface area contributed by atoms with Crippen molar-refractivity contribution in [1.82, 2.24) is 9.99 Å². The van der Waals surface area contributed by atoms with E-state index in [1.54, 1.807) is 6.07 Å². The third kappa shape index (κ3) is 3.68. The lowest BCUT2D eigenvalue weighted by Gasteiger charge is -2.32. The summed E-state index contributed by atoms with van der Waals surface area (Å²) in [5.41, 5.74) is 8.61. The number of hydrogen-bond acceptors (Lipinski definition) is 4. The van der Waals surface area contributed by atoms with Crippen molar-refractivity contribution >= 4 is 28.2 Å². The van der Waals surface area contributed by atoms with Gasteiger partial charge in [0.1, 0.15) is 5.69 Å². The number of nitrogens with one attached hydrogen (secondary N) is 1. The van der Waals surface area contributed by atoms with Crippen molar-refractivity contribution in [3.63, 3.8) is 0 Å². The zero-order valence-electron chi connectivity index (χ0n) is 12.2. The van der Waals surface area contributed by atoms with Crippen LogP contribution in [0.1, 0.15) is 18.5 Å². The largest absolute Gasteiger partial charge is 0.433 e. The molecule has 1 aliphatic rings. The predicted molar refractivity (Wildman–Crippen MR) is 84.2 cm³/mol. The van der Waals surface area contributed by atoms with E-state index in [2.05, 4.69) is 10.4 Å². The third-order valence-corrected chi connectivity index (χ3v) is 4.03. The zero-order chi connectivity index (χ0) is 16.6. The molecule has 0 saturated carbocycles. The van der Waals surface area contributed by atoms with Gasteiger partial charge in [0, 0.05) is 29.5 Å². The van der Waals surface area contributed by atoms with E-state index < -0.39 is 11.9 Å². The number of pyridine rings is 1. The summed E-state index contributed by atoms with van der Waals surface area (Å²) in [6, 6.07) is 5.64. The first-order chi connectivity index (χ1) is 10.8. The Morgan fingerprint density at radius 1 is 1.30 bits per heavy atom. The average molecular weight is 345 g/mol. The minimum atomic E-state index is -4.51. The summed E-state index contributed by atoms with van der Waals surface area (Å²) in [6.45, 7) is 1.30. The Kier molecular flexibility index (Phi) is 4.35. The van der Waals surface area contributed by atoms with Crippen LogP contribution in [0.2, 0.25) is 5.02 Å². The van der Waals surface area contributed by atoms with E-state index in [9.17, 15) is 13.2 Å². The molecule has 0 spiro atoms. The number of halogens is 4. The van der Waals surface area contributed by atoms with E-state index in [1.165, 1.54) is 12.1 Å². The van der Waals surface area contributed by atoms with Gasteiger partial charge in [0.2, 0.25) is 0 Å². The molecule has 1 fully saturated rings. The summed E-state index contributed by atoms with van der Waals surface area (Å²) in [6.07, 6.45) is -2.71. The summed E-state index contributed by atoms with van der Waals surface area (Å²) in [4.78, 5) is 3.69. The fourth-order valence-electron chi connectivity index (χ4n) is 2.72. The van der Waals surface area contributed by atoms with Gasteiger partial charge in [-0.05, 0) is 37.1 Å². The molecule has 23 heavy (non-hydrogen) atoms. The molecule has 2 heterocycles. The monoisotopic (exact) mass is 344 g/mol. The molecule has 4 nitrogen and oxygen atoms in total. The van der Waals surface area contributed by atoms with Gasteiger partial charge in [-0.15, -0.1) is 0 Å². The number of anilines is 1. The molecule has 8 heteroatoms. The fraction of sp³-hybridized carbons (Fsp3) is 0.400. The normalized spacial score (nSPS) is 20.0. The van der Waals surface area contributed by atoms with Crippen LogP contribution in [0.5, 0.6) is 0 Å². The van der Waals surface area contributed by atoms with Crippen molar-refractivity contribution in [2.24, 2.45) is 5.73 Å². The van der Waals surface area contributed by atoms with Gasteiger partial charge in [0.15, 0.2) is 0 Å². The minimum absolute atomic E-state index is 0.00928. The Morgan fingerprint density at radius 2 is 2.09 bits per heavy atom. The van der Waals surface area contributed by atoms with Crippen LogP contribution >= 0.6 is 11.6 Å². The van der Waals surface area contributed by atoms with E-state index in [4.69, 9.17) is 17.3 Å². The molecule has 1 atom stereocenters. The van der Waals surface area contributed by atoms with E-state index in [0.29, 0.717) is 22.6 Å². The van der Waals surface area contributed by atoms with Gasteiger partial charge >= 0.3 is 6.18 Å². The van der Waals surface area contributed by atoms with Gasteiger partial charge in [0.05, 0.1) is 11.2 Å². The second kappa shape index (κ2) is 6.14. The molecular formula is C15H16ClF3N4. The van der Waals surface area contributed by atoms with Crippen molar-refractivity contribution in [2.75, 3.05) is 18.5 Å². The maximum absolute atomic E-state index is 13.1. The number of nitrogens with zero attached hydrogens (tertiary/aromatic N) is 2. The molecule has 1 aromatic heterocycles. The smallest absolute Gasteiger partial charge is 0.326 e. The Labute approximate surface area is 136 Å². The van der Waals surface area contributed by atoms with Crippen LogP contribution in [0.25, 0.3) is 10.9 Å². The van der Waals surface area contributed by atoms with Crippen LogP contribution in [-0.2, 0) is 6.18 Å². The molecule has 0 bridgehead atoms. The van der Waals surface area contributed by atoms with Gasteiger partial charge < -0.3 is 11.2 Å². The lowest BCUT2D eigenvalue weighted by Crippen LogP contribution is -2.45. The van der Waals surface area contributed by atoms with Crippen LogP contribution < -0.4 is 11.2 Å².